The third-order valence-corrected chi connectivity index (χ3v) is 6.69. The number of aromatic hydroxyl groups is 2. The molecule has 4 heterocycles. The summed E-state index contributed by atoms with van der Waals surface area (Å²) in [5.41, 5.74) is 4.48. The van der Waals surface area contributed by atoms with Gasteiger partial charge in [0, 0.05) is 46.6 Å². The fourth-order valence-corrected chi connectivity index (χ4v) is 5.09. The van der Waals surface area contributed by atoms with Crippen LogP contribution in [0, 0.1) is 0 Å². The van der Waals surface area contributed by atoms with Gasteiger partial charge in [0.25, 0.3) is 0 Å². The van der Waals surface area contributed by atoms with Crippen LogP contribution in [0.3, 0.4) is 0 Å². The number of aromatic nitrogens is 2. The zero-order valence-electron chi connectivity index (χ0n) is 16.8. The summed E-state index contributed by atoms with van der Waals surface area (Å²) in [6.45, 7) is 0.954. The fraction of sp³-hybridized carbons (Fsp3) is 0.292. The largest absolute Gasteiger partial charge is 0.494 e. The second-order valence-electron chi connectivity index (χ2n) is 8.04. The van der Waals surface area contributed by atoms with Crippen molar-refractivity contribution in [1.82, 2.24) is 14.5 Å². The van der Waals surface area contributed by atoms with Crippen LogP contribution in [0.25, 0.3) is 17.2 Å². The van der Waals surface area contributed by atoms with Gasteiger partial charge in [-0.2, -0.15) is 0 Å². The Hall–Kier alpha value is -2.76. The first-order valence-corrected chi connectivity index (χ1v) is 10.7. The zero-order chi connectivity index (χ0) is 20.8. The molecule has 154 valence electrons. The zero-order valence-corrected chi connectivity index (χ0v) is 17.5. The van der Waals surface area contributed by atoms with E-state index >= 15 is 0 Å². The molecule has 5 rings (SSSR count). The lowest BCUT2D eigenvalue weighted by molar-refractivity contribution is 0.138. The standard InChI is InChI=1S/C24H24ClN3O2/c1-27-23(29)21-19-8-4-5-13-28(19)20(22(21)24(27)30)12-11-16-10-9-15(14-26-16)17-6-2-3-7-18(17)25/h2-3,6-7,9-12,14,19-20,29-30H,4-5,8,13H2,1H3/b12-11+. The summed E-state index contributed by atoms with van der Waals surface area (Å²) in [6.07, 6.45) is 9.17. The summed E-state index contributed by atoms with van der Waals surface area (Å²) in [5.74, 6) is 0.325. The van der Waals surface area contributed by atoms with E-state index in [1.54, 1.807) is 7.05 Å². The van der Waals surface area contributed by atoms with Crippen LogP contribution in [0.15, 0.2) is 48.7 Å². The van der Waals surface area contributed by atoms with E-state index in [2.05, 4.69) is 16.0 Å². The molecule has 30 heavy (non-hydrogen) atoms. The first-order chi connectivity index (χ1) is 14.6. The topological polar surface area (TPSA) is 61.5 Å². The highest BCUT2D eigenvalue weighted by atomic mass is 35.5. The van der Waals surface area contributed by atoms with Gasteiger partial charge >= 0.3 is 0 Å². The molecule has 0 spiro atoms. The van der Waals surface area contributed by atoms with Crippen molar-refractivity contribution in [2.24, 2.45) is 7.05 Å². The molecule has 0 bridgehead atoms. The Morgan fingerprint density at radius 1 is 1.07 bits per heavy atom. The highest BCUT2D eigenvalue weighted by Crippen LogP contribution is 2.54. The number of rotatable bonds is 3. The summed E-state index contributed by atoms with van der Waals surface area (Å²) >= 11 is 6.29. The van der Waals surface area contributed by atoms with Crippen LogP contribution in [-0.4, -0.2) is 31.2 Å². The van der Waals surface area contributed by atoms with Crippen LogP contribution in [0.2, 0.25) is 5.02 Å². The minimum Gasteiger partial charge on any atom is -0.494 e. The van der Waals surface area contributed by atoms with Crippen LogP contribution < -0.4 is 0 Å². The molecule has 1 aromatic carbocycles. The molecule has 2 aromatic heterocycles. The number of piperidine rings is 1. The van der Waals surface area contributed by atoms with Crippen LogP contribution in [0.5, 0.6) is 11.8 Å². The van der Waals surface area contributed by atoms with E-state index < -0.39 is 0 Å². The number of benzene rings is 1. The molecule has 1 fully saturated rings. The molecule has 3 aromatic rings. The van der Waals surface area contributed by atoms with Gasteiger partial charge in [0.2, 0.25) is 0 Å². The molecule has 6 heteroatoms. The first-order valence-electron chi connectivity index (χ1n) is 10.3. The predicted molar refractivity (Wildman–Crippen MR) is 118 cm³/mol. The molecule has 2 unspecified atom stereocenters. The van der Waals surface area contributed by atoms with Crippen molar-refractivity contribution in [3.8, 4) is 22.9 Å². The van der Waals surface area contributed by atoms with Crippen LogP contribution in [0.4, 0.5) is 0 Å². The smallest absolute Gasteiger partial charge is 0.199 e. The monoisotopic (exact) mass is 421 g/mol. The van der Waals surface area contributed by atoms with Crippen LogP contribution >= 0.6 is 11.6 Å². The Labute approximate surface area is 180 Å². The van der Waals surface area contributed by atoms with Gasteiger partial charge in [-0.1, -0.05) is 48.4 Å². The Morgan fingerprint density at radius 2 is 1.87 bits per heavy atom. The maximum atomic E-state index is 10.7. The van der Waals surface area contributed by atoms with Gasteiger partial charge in [-0.3, -0.25) is 14.5 Å². The van der Waals surface area contributed by atoms with Gasteiger partial charge in [-0.15, -0.1) is 0 Å². The van der Waals surface area contributed by atoms with E-state index in [0.29, 0.717) is 5.02 Å². The number of hydrogen-bond donors (Lipinski definition) is 2. The lowest BCUT2D eigenvalue weighted by Crippen LogP contribution is -2.30. The second kappa shape index (κ2) is 7.49. The normalized spacial score (nSPS) is 21.1. The molecule has 2 N–H and O–H groups in total. The van der Waals surface area contributed by atoms with E-state index in [-0.39, 0.29) is 23.8 Å². The third-order valence-electron chi connectivity index (χ3n) is 6.36. The summed E-state index contributed by atoms with van der Waals surface area (Å²) in [4.78, 5) is 6.96. The van der Waals surface area contributed by atoms with E-state index in [9.17, 15) is 10.2 Å². The van der Waals surface area contributed by atoms with Crippen molar-refractivity contribution in [3.05, 3.63) is 70.5 Å². The second-order valence-corrected chi connectivity index (χ2v) is 8.45. The number of halogens is 1. The molecule has 0 aliphatic carbocycles. The SMILES string of the molecule is Cn1c(O)c2c(c1O)C1CCCCN1C2/C=C/c1ccc(-c2ccccc2Cl)cn1. The van der Waals surface area contributed by atoms with Crippen molar-refractivity contribution >= 4 is 17.7 Å². The van der Waals surface area contributed by atoms with Gasteiger partial charge in [-0.25, -0.2) is 0 Å². The highest BCUT2D eigenvalue weighted by molar-refractivity contribution is 6.33. The molecular formula is C24H24ClN3O2. The maximum Gasteiger partial charge on any atom is 0.199 e. The predicted octanol–water partition coefficient (Wildman–Crippen LogP) is 5.45. The molecule has 2 aliphatic rings. The van der Waals surface area contributed by atoms with Crippen molar-refractivity contribution < 1.29 is 10.2 Å². The van der Waals surface area contributed by atoms with Gasteiger partial charge in [-0.05, 0) is 37.6 Å². The van der Waals surface area contributed by atoms with E-state index in [1.165, 1.54) is 4.57 Å². The molecule has 0 amide bonds. The van der Waals surface area contributed by atoms with Crippen molar-refractivity contribution in [2.75, 3.05) is 6.54 Å². The molecule has 0 saturated carbocycles. The molecule has 0 radical (unpaired) electrons. The summed E-state index contributed by atoms with van der Waals surface area (Å²) in [5, 5.41) is 21.9. The molecular weight excluding hydrogens is 398 g/mol. The quantitative estimate of drug-likeness (QED) is 0.590. The third kappa shape index (κ3) is 3.01. The first kappa shape index (κ1) is 19.2. The Kier molecular flexibility index (Phi) is 4.80. The summed E-state index contributed by atoms with van der Waals surface area (Å²) < 4.78 is 1.48. The Balaban J connectivity index is 1.45. The lowest BCUT2D eigenvalue weighted by atomic mass is 9.99. The van der Waals surface area contributed by atoms with Crippen molar-refractivity contribution in [3.63, 3.8) is 0 Å². The molecule has 1 saturated heterocycles. The number of pyridine rings is 1. The average Bonchev–Trinajstić information content (AvgIpc) is 3.21. The number of fused-ring (bicyclic) bond motifs is 3. The summed E-state index contributed by atoms with van der Waals surface area (Å²) in [6, 6.07) is 11.8. The fourth-order valence-electron chi connectivity index (χ4n) is 4.84. The molecule has 2 atom stereocenters. The van der Waals surface area contributed by atoms with Crippen molar-refractivity contribution in [2.45, 2.75) is 31.3 Å². The van der Waals surface area contributed by atoms with E-state index in [0.717, 1.165) is 53.8 Å². The van der Waals surface area contributed by atoms with Gasteiger partial charge in [0.05, 0.1) is 11.7 Å². The maximum absolute atomic E-state index is 10.7. The Bertz CT molecular complexity index is 1120. The minimum atomic E-state index is -0.0672. The van der Waals surface area contributed by atoms with Crippen LogP contribution in [0.1, 0.15) is 48.2 Å². The number of hydrogen-bond acceptors (Lipinski definition) is 4. The van der Waals surface area contributed by atoms with Gasteiger partial charge < -0.3 is 10.2 Å². The van der Waals surface area contributed by atoms with Crippen molar-refractivity contribution in [1.29, 1.82) is 0 Å². The van der Waals surface area contributed by atoms with E-state index in [4.69, 9.17) is 11.6 Å². The highest BCUT2D eigenvalue weighted by Gasteiger charge is 2.44. The minimum absolute atomic E-state index is 0.0672. The van der Waals surface area contributed by atoms with Crippen LogP contribution in [-0.2, 0) is 7.05 Å². The van der Waals surface area contributed by atoms with Gasteiger partial charge in [0.15, 0.2) is 11.8 Å². The Morgan fingerprint density at radius 3 is 2.63 bits per heavy atom. The molecule has 5 nitrogen and oxygen atoms in total. The molecule has 2 aliphatic heterocycles. The van der Waals surface area contributed by atoms with E-state index in [1.807, 2.05) is 48.7 Å². The lowest BCUT2D eigenvalue weighted by Gasteiger charge is -2.33. The summed E-state index contributed by atoms with van der Waals surface area (Å²) in [7, 11) is 1.70. The average molecular weight is 422 g/mol. The van der Waals surface area contributed by atoms with Gasteiger partial charge in [0.1, 0.15) is 0 Å². The number of nitrogens with zero attached hydrogens (tertiary/aromatic N) is 3.